The van der Waals surface area contributed by atoms with Crippen molar-refractivity contribution in [2.75, 3.05) is 5.32 Å². The van der Waals surface area contributed by atoms with Gasteiger partial charge in [-0.25, -0.2) is 14.4 Å². The molecule has 2 aromatic rings. The number of halogens is 3. The molecule has 0 aliphatic carbocycles. The molecule has 19 heavy (non-hydrogen) atoms. The molecule has 6 heteroatoms. The molecule has 0 aliphatic heterocycles. The summed E-state index contributed by atoms with van der Waals surface area (Å²) in [7, 11) is 0. The number of hydrogen-bond donors (Lipinski definition) is 1. The lowest BCUT2D eigenvalue weighted by Gasteiger charge is -2.13. The van der Waals surface area contributed by atoms with Crippen LogP contribution in [0.4, 0.5) is 15.9 Å². The van der Waals surface area contributed by atoms with Gasteiger partial charge in [0, 0.05) is 11.3 Å². The molecule has 0 amide bonds. The molecule has 1 aromatic heterocycles. The lowest BCUT2D eigenvalue weighted by atomic mass is 10.2. The summed E-state index contributed by atoms with van der Waals surface area (Å²) >= 11 is 9.18. The van der Waals surface area contributed by atoms with Crippen LogP contribution in [0.3, 0.4) is 0 Å². The van der Waals surface area contributed by atoms with Crippen LogP contribution in [0.25, 0.3) is 0 Å². The summed E-state index contributed by atoms with van der Waals surface area (Å²) < 4.78 is 14.0. The van der Waals surface area contributed by atoms with E-state index in [-0.39, 0.29) is 5.82 Å². The van der Waals surface area contributed by atoms with Crippen molar-refractivity contribution in [3.05, 3.63) is 45.0 Å². The molecule has 0 saturated heterocycles. The van der Waals surface area contributed by atoms with E-state index in [4.69, 9.17) is 11.6 Å². The summed E-state index contributed by atoms with van der Waals surface area (Å²) in [5.74, 6) is 0.277. The van der Waals surface area contributed by atoms with E-state index in [2.05, 4.69) is 31.2 Å². The van der Waals surface area contributed by atoms with Gasteiger partial charge in [0.05, 0.1) is 4.47 Å². The van der Waals surface area contributed by atoms with Crippen LogP contribution in [-0.2, 0) is 6.42 Å². The highest BCUT2D eigenvalue weighted by atomic mass is 79.9. The molecule has 0 radical (unpaired) electrons. The van der Waals surface area contributed by atoms with Gasteiger partial charge in [0.2, 0.25) is 0 Å². The van der Waals surface area contributed by atoms with Gasteiger partial charge in [-0.2, -0.15) is 0 Å². The number of anilines is 2. The predicted octanol–water partition coefficient (Wildman–Crippen LogP) is 4.65. The quantitative estimate of drug-likeness (QED) is 0.824. The van der Waals surface area contributed by atoms with Gasteiger partial charge < -0.3 is 5.32 Å². The lowest BCUT2D eigenvalue weighted by Crippen LogP contribution is -2.02. The van der Waals surface area contributed by atoms with Gasteiger partial charge in [-0.1, -0.05) is 18.5 Å². The fourth-order valence-electron chi connectivity index (χ4n) is 1.72. The Labute approximate surface area is 124 Å². The number of nitrogens with one attached hydrogen (secondary N) is 1. The van der Waals surface area contributed by atoms with E-state index in [1.807, 2.05) is 13.8 Å². The average molecular weight is 345 g/mol. The van der Waals surface area contributed by atoms with Gasteiger partial charge in [0.15, 0.2) is 0 Å². The zero-order chi connectivity index (χ0) is 14.0. The van der Waals surface area contributed by atoms with Gasteiger partial charge in [-0.15, -0.1) is 0 Å². The first-order valence-corrected chi connectivity index (χ1v) is 6.92. The van der Waals surface area contributed by atoms with Crippen LogP contribution >= 0.6 is 27.5 Å². The van der Waals surface area contributed by atoms with E-state index in [1.54, 1.807) is 6.07 Å². The highest BCUT2D eigenvalue weighted by Gasteiger charge is 2.11. The van der Waals surface area contributed by atoms with E-state index in [1.165, 1.54) is 12.4 Å². The molecule has 0 saturated carbocycles. The maximum absolute atomic E-state index is 13.6. The topological polar surface area (TPSA) is 37.8 Å². The van der Waals surface area contributed by atoms with Gasteiger partial charge in [0.25, 0.3) is 0 Å². The van der Waals surface area contributed by atoms with Crippen LogP contribution in [0.2, 0.25) is 5.15 Å². The Bertz CT molecular complexity index is 619. The molecule has 0 spiro atoms. The first-order chi connectivity index (χ1) is 9.02. The van der Waals surface area contributed by atoms with Crippen molar-refractivity contribution in [3.8, 4) is 0 Å². The highest BCUT2D eigenvalue weighted by Crippen LogP contribution is 2.28. The van der Waals surface area contributed by atoms with Crippen LogP contribution in [0.5, 0.6) is 0 Å². The van der Waals surface area contributed by atoms with E-state index in [0.29, 0.717) is 27.6 Å². The third-order valence-corrected chi connectivity index (χ3v) is 3.70. The molecule has 0 bridgehead atoms. The van der Waals surface area contributed by atoms with Crippen LogP contribution < -0.4 is 5.32 Å². The standard InChI is InChI=1S/C13H12BrClFN3/c1-3-8-12(15)17-6-18-13(8)19-11-5-10(16)9(14)4-7(11)2/h4-6H,3H2,1-2H3,(H,17,18,19). The summed E-state index contributed by atoms with van der Waals surface area (Å²) in [5.41, 5.74) is 2.38. The van der Waals surface area contributed by atoms with Gasteiger partial charge in [0.1, 0.15) is 23.1 Å². The minimum absolute atomic E-state index is 0.327. The van der Waals surface area contributed by atoms with Crippen molar-refractivity contribution in [2.24, 2.45) is 0 Å². The van der Waals surface area contributed by atoms with Gasteiger partial charge in [-0.05, 0) is 47.0 Å². The fourth-order valence-corrected chi connectivity index (χ4v) is 2.44. The van der Waals surface area contributed by atoms with Crippen molar-refractivity contribution in [1.82, 2.24) is 9.97 Å². The number of benzene rings is 1. The van der Waals surface area contributed by atoms with Crippen LogP contribution in [-0.4, -0.2) is 9.97 Å². The summed E-state index contributed by atoms with van der Waals surface area (Å²) in [4.78, 5) is 8.10. The Kier molecular flexibility index (Phi) is 4.37. The number of hydrogen-bond acceptors (Lipinski definition) is 3. The second kappa shape index (κ2) is 5.84. The largest absolute Gasteiger partial charge is 0.340 e. The monoisotopic (exact) mass is 343 g/mol. The fraction of sp³-hybridized carbons (Fsp3) is 0.231. The summed E-state index contributed by atoms with van der Waals surface area (Å²) in [6.07, 6.45) is 2.08. The lowest BCUT2D eigenvalue weighted by molar-refractivity contribution is 0.621. The Morgan fingerprint density at radius 3 is 2.79 bits per heavy atom. The summed E-state index contributed by atoms with van der Waals surface area (Å²) in [6, 6.07) is 3.14. The number of aryl methyl sites for hydroxylation is 1. The minimum atomic E-state index is -0.327. The third-order valence-electron chi connectivity index (χ3n) is 2.77. The molecule has 0 atom stereocenters. The maximum Gasteiger partial charge on any atom is 0.139 e. The first kappa shape index (κ1) is 14.2. The summed E-state index contributed by atoms with van der Waals surface area (Å²) in [6.45, 7) is 3.85. The van der Waals surface area contributed by atoms with Crippen molar-refractivity contribution in [1.29, 1.82) is 0 Å². The molecule has 0 unspecified atom stereocenters. The van der Waals surface area contributed by atoms with Crippen molar-refractivity contribution >= 4 is 39.0 Å². The Morgan fingerprint density at radius 2 is 2.11 bits per heavy atom. The molecule has 1 aromatic carbocycles. The van der Waals surface area contributed by atoms with Crippen LogP contribution in [0, 0.1) is 12.7 Å². The smallest absolute Gasteiger partial charge is 0.139 e. The molecular weight excluding hydrogens is 333 g/mol. The summed E-state index contributed by atoms with van der Waals surface area (Å²) in [5, 5.41) is 3.52. The molecule has 1 heterocycles. The molecular formula is C13H12BrClFN3. The van der Waals surface area contributed by atoms with Crippen molar-refractivity contribution < 1.29 is 4.39 Å². The SMILES string of the molecule is CCc1c(Cl)ncnc1Nc1cc(F)c(Br)cc1C. The van der Waals surface area contributed by atoms with E-state index < -0.39 is 0 Å². The van der Waals surface area contributed by atoms with Crippen molar-refractivity contribution in [3.63, 3.8) is 0 Å². The molecule has 100 valence electrons. The highest BCUT2D eigenvalue weighted by molar-refractivity contribution is 9.10. The van der Waals surface area contributed by atoms with E-state index in [9.17, 15) is 4.39 Å². The number of aromatic nitrogens is 2. The molecule has 0 aliphatic rings. The molecule has 2 rings (SSSR count). The predicted molar refractivity (Wildman–Crippen MR) is 78.5 cm³/mol. The number of rotatable bonds is 3. The van der Waals surface area contributed by atoms with E-state index in [0.717, 1.165) is 11.1 Å². The van der Waals surface area contributed by atoms with E-state index >= 15 is 0 Å². The molecule has 0 fully saturated rings. The second-order valence-electron chi connectivity index (χ2n) is 4.05. The van der Waals surface area contributed by atoms with Crippen LogP contribution in [0.15, 0.2) is 22.9 Å². The Hall–Kier alpha value is -1.20. The van der Waals surface area contributed by atoms with Crippen molar-refractivity contribution in [2.45, 2.75) is 20.3 Å². The molecule has 1 N–H and O–H groups in total. The van der Waals surface area contributed by atoms with Crippen LogP contribution in [0.1, 0.15) is 18.1 Å². The Morgan fingerprint density at radius 1 is 1.37 bits per heavy atom. The normalized spacial score (nSPS) is 10.6. The second-order valence-corrected chi connectivity index (χ2v) is 5.26. The maximum atomic E-state index is 13.6. The number of nitrogens with zero attached hydrogens (tertiary/aromatic N) is 2. The third kappa shape index (κ3) is 3.04. The van der Waals surface area contributed by atoms with Gasteiger partial charge >= 0.3 is 0 Å². The Balaban J connectivity index is 2.42. The minimum Gasteiger partial charge on any atom is -0.340 e. The molecule has 3 nitrogen and oxygen atoms in total. The average Bonchev–Trinajstić information content (AvgIpc) is 2.36. The zero-order valence-corrected chi connectivity index (χ0v) is 12.8. The first-order valence-electron chi connectivity index (χ1n) is 5.75. The zero-order valence-electron chi connectivity index (χ0n) is 10.5. The van der Waals surface area contributed by atoms with Gasteiger partial charge in [-0.3, -0.25) is 0 Å².